The summed E-state index contributed by atoms with van der Waals surface area (Å²) in [5.74, 6) is -7.09. The highest BCUT2D eigenvalue weighted by Crippen LogP contribution is 2.41. The molecule has 2 aromatic heterocycles. The second kappa shape index (κ2) is 10.5. The van der Waals surface area contributed by atoms with Crippen LogP contribution in [0.5, 0.6) is 11.5 Å². The summed E-state index contributed by atoms with van der Waals surface area (Å²) in [6.07, 6.45) is 2.03. The van der Waals surface area contributed by atoms with E-state index < -0.39 is 47.8 Å². The zero-order chi connectivity index (χ0) is 26.7. The lowest BCUT2D eigenvalue weighted by molar-refractivity contribution is -0.125. The van der Waals surface area contributed by atoms with Crippen molar-refractivity contribution in [1.82, 2.24) is 14.9 Å². The molecule has 37 heavy (non-hydrogen) atoms. The molecule has 8 nitrogen and oxygen atoms in total. The van der Waals surface area contributed by atoms with Crippen LogP contribution in [0.3, 0.4) is 0 Å². The second-order valence-corrected chi connectivity index (χ2v) is 8.62. The Labute approximate surface area is 209 Å². The van der Waals surface area contributed by atoms with Gasteiger partial charge in [-0.2, -0.15) is 0 Å². The minimum absolute atomic E-state index is 0.0186. The molecule has 0 radical (unpaired) electrons. The van der Waals surface area contributed by atoms with Crippen molar-refractivity contribution in [3.63, 3.8) is 0 Å². The maximum atomic E-state index is 14.8. The average Bonchev–Trinajstić information content (AvgIpc) is 2.86. The highest BCUT2D eigenvalue weighted by molar-refractivity contribution is 5.93. The second-order valence-electron chi connectivity index (χ2n) is 8.62. The number of ether oxygens (including phenoxy) is 1. The highest BCUT2D eigenvalue weighted by Gasteiger charge is 2.46. The monoisotopic (exact) mass is 517 g/mol. The summed E-state index contributed by atoms with van der Waals surface area (Å²) in [6.45, 7) is 1.44. The average molecular weight is 517 g/mol. The van der Waals surface area contributed by atoms with E-state index in [0.717, 1.165) is 12.1 Å². The van der Waals surface area contributed by atoms with E-state index in [0.29, 0.717) is 6.07 Å². The molecule has 1 aromatic carbocycles. The predicted molar refractivity (Wildman–Crippen MR) is 125 cm³/mol. The molecule has 3 heterocycles. The van der Waals surface area contributed by atoms with E-state index in [1.165, 1.54) is 36.7 Å². The number of pyridine rings is 2. The van der Waals surface area contributed by atoms with Gasteiger partial charge in [0.2, 0.25) is 5.91 Å². The van der Waals surface area contributed by atoms with Gasteiger partial charge in [0.05, 0.1) is 18.2 Å². The Hall–Kier alpha value is -4.06. The quantitative estimate of drug-likeness (QED) is 0.457. The van der Waals surface area contributed by atoms with Crippen molar-refractivity contribution in [1.29, 1.82) is 0 Å². The Morgan fingerprint density at radius 1 is 1.16 bits per heavy atom. The number of piperidine rings is 1. The summed E-state index contributed by atoms with van der Waals surface area (Å²) in [4.78, 5) is 33.8. The summed E-state index contributed by atoms with van der Waals surface area (Å²) < 4.78 is 61.7. The molecule has 0 aliphatic carbocycles. The number of hydrogen-bond acceptors (Lipinski definition) is 6. The minimum Gasteiger partial charge on any atom is -0.453 e. The Bertz CT molecular complexity index is 1310. The number of nitrogens with one attached hydrogen (secondary N) is 1. The summed E-state index contributed by atoms with van der Waals surface area (Å²) in [7, 11) is 0. The molecule has 1 unspecified atom stereocenters. The van der Waals surface area contributed by atoms with Gasteiger partial charge in [-0.1, -0.05) is 0 Å². The standard InChI is InChI=1S/C25H23F4N5O3/c1-14(34-9-7-25(28,29)18(13-34)15-6-8-31-20(10-15)23(30)35)24(36)33-22-5-3-17(12-32-22)37-21-4-2-16(26)11-19(21)27/h2-6,8,10-12,14,18H,7,9,13H2,1H3,(H2,30,35)(H,32,33,36)/t14?,18-/m1/s1. The summed E-state index contributed by atoms with van der Waals surface area (Å²) in [6, 6.07) is 7.62. The molecule has 194 valence electrons. The molecule has 0 saturated carbocycles. The van der Waals surface area contributed by atoms with E-state index in [2.05, 4.69) is 15.3 Å². The number of nitrogens with two attached hydrogens (primary N) is 1. The van der Waals surface area contributed by atoms with Crippen LogP contribution in [0.4, 0.5) is 23.4 Å². The van der Waals surface area contributed by atoms with Gasteiger partial charge in [-0.15, -0.1) is 0 Å². The van der Waals surface area contributed by atoms with Crippen LogP contribution < -0.4 is 15.8 Å². The SMILES string of the molecule is CC(C(=O)Nc1ccc(Oc2ccc(F)cc2F)cn1)N1CCC(F)(F)[C@@H](c2ccnc(C(N)=O)c2)C1. The van der Waals surface area contributed by atoms with Crippen molar-refractivity contribution in [2.75, 3.05) is 18.4 Å². The maximum absolute atomic E-state index is 14.8. The fourth-order valence-electron chi connectivity index (χ4n) is 4.02. The first-order valence-corrected chi connectivity index (χ1v) is 11.3. The highest BCUT2D eigenvalue weighted by atomic mass is 19.3. The van der Waals surface area contributed by atoms with Crippen molar-refractivity contribution >= 4 is 17.6 Å². The maximum Gasteiger partial charge on any atom is 0.267 e. The third-order valence-corrected chi connectivity index (χ3v) is 6.13. The van der Waals surface area contributed by atoms with Gasteiger partial charge in [0.25, 0.3) is 11.8 Å². The normalized spacial score (nSPS) is 18.1. The largest absolute Gasteiger partial charge is 0.453 e. The molecule has 2 amide bonds. The molecule has 1 aliphatic heterocycles. The number of hydrogen-bond donors (Lipinski definition) is 2. The molecule has 1 saturated heterocycles. The van der Waals surface area contributed by atoms with Gasteiger partial charge in [0, 0.05) is 31.8 Å². The van der Waals surface area contributed by atoms with E-state index in [9.17, 15) is 27.2 Å². The molecule has 0 spiro atoms. The number of likely N-dealkylation sites (tertiary alicyclic amines) is 1. The molecular weight excluding hydrogens is 494 g/mol. The van der Waals surface area contributed by atoms with Gasteiger partial charge in [0.1, 0.15) is 23.1 Å². The third-order valence-electron chi connectivity index (χ3n) is 6.13. The van der Waals surface area contributed by atoms with Crippen LogP contribution in [0, 0.1) is 11.6 Å². The van der Waals surface area contributed by atoms with E-state index in [1.807, 2.05) is 0 Å². The zero-order valence-corrected chi connectivity index (χ0v) is 19.6. The molecule has 1 aliphatic rings. The molecule has 0 bridgehead atoms. The fourth-order valence-corrected chi connectivity index (χ4v) is 4.02. The number of rotatable bonds is 7. The van der Waals surface area contributed by atoms with E-state index in [4.69, 9.17) is 10.5 Å². The summed E-state index contributed by atoms with van der Waals surface area (Å²) in [5, 5.41) is 2.62. The lowest BCUT2D eigenvalue weighted by atomic mass is 9.86. The molecule has 3 aromatic rings. The smallest absolute Gasteiger partial charge is 0.267 e. The summed E-state index contributed by atoms with van der Waals surface area (Å²) in [5.41, 5.74) is 5.33. The van der Waals surface area contributed by atoms with E-state index in [-0.39, 0.29) is 41.7 Å². The first-order chi connectivity index (χ1) is 17.5. The van der Waals surface area contributed by atoms with Crippen molar-refractivity contribution < 1.29 is 31.9 Å². The van der Waals surface area contributed by atoms with Crippen molar-refractivity contribution in [2.45, 2.75) is 31.2 Å². The lowest BCUT2D eigenvalue weighted by Crippen LogP contribution is -2.52. The molecular formula is C25H23F4N5O3. The van der Waals surface area contributed by atoms with Crippen LogP contribution in [0.15, 0.2) is 54.9 Å². The summed E-state index contributed by atoms with van der Waals surface area (Å²) >= 11 is 0. The number of halogens is 4. The number of amides is 2. The van der Waals surface area contributed by atoms with Crippen LogP contribution >= 0.6 is 0 Å². The number of nitrogens with zero attached hydrogens (tertiary/aromatic N) is 3. The Balaban J connectivity index is 1.41. The van der Waals surface area contributed by atoms with Gasteiger partial charge in [-0.3, -0.25) is 19.5 Å². The molecule has 12 heteroatoms. The molecule has 1 fully saturated rings. The van der Waals surface area contributed by atoms with Gasteiger partial charge >= 0.3 is 0 Å². The van der Waals surface area contributed by atoms with Crippen LogP contribution in [0.25, 0.3) is 0 Å². The number of aromatic nitrogens is 2. The van der Waals surface area contributed by atoms with Gasteiger partial charge < -0.3 is 15.8 Å². The first-order valence-electron chi connectivity index (χ1n) is 11.3. The predicted octanol–water partition coefficient (Wildman–Crippen LogP) is 4.10. The first kappa shape index (κ1) is 26.0. The zero-order valence-electron chi connectivity index (χ0n) is 19.6. The van der Waals surface area contributed by atoms with Crippen LogP contribution in [-0.4, -0.2) is 51.7 Å². The van der Waals surface area contributed by atoms with E-state index in [1.54, 1.807) is 11.8 Å². The van der Waals surface area contributed by atoms with Crippen LogP contribution in [-0.2, 0) is 4.79 Å². The number of carbonyl (C=O) groups excluding carboxylic acids is 2. The van der Waals surface area contributed by atoms with Gasteiger partial charge in [-0.25, -0.2) is 22.5 Å². The Morgan fingerprint density at radius 3 is 2.62 bits per heavy atom. The number of alkyl halides is 2. The van der Waals surface area contributed by atoms with Gasteiger partial charge in [-0.05, 0) is 48.9 Å². The molecule has 3 N–H and O–H groups in total. The van der Waals surface area contributed by atoms with Crippen LogP contribution in [0.1, 0.15) is 35.3 Å². The topological polar surface area (TPSA) is 110 Å². The van der Waals surface area contributed by atoms with E-state index >= 15 is 0 Å². The number of benzene rings is 1. The fraction of sp³-hybridized carbons (Fsp3) is 0.280. The molecule has 2 atom stereocenters. The number of primary amides is 1. The van der Waals surface area contributed by atoms with Crippen molar-refractivity contribution in [3.8, 4) is 11.5 Å². The minimum atomic E-state index is -3.05. The van der Waals surface area contributed by atoms with Crippen LogP contribution in [0.2, 0.25) is 0 Å². The molecule has 4 rings (SSSR count). The third kappa shape index (κ3) is 6.02. The Morgan fingerprint density at radius 2 is 1.95 bits per heavy atom. The Kier molecular flexibility index (Phi) is 7.39. The lowest BCUT2D eigenvalue weighted by Gasteiger charge is -2.40. The number of carbonyl (C=O) groups is 2. The van der Waals surface area contributed by atoms with Crippen molar-refractivity contribution in [2.24, 2.45) is 5.73 Å². The van der Waals surface area contributed by atoms with Crippen molar-refractivity contribution in [3.05, 3.63) is 77.8 Å². The van der Waals surface area contributed by atoms with Gasteiger partial charge in [0.15, 0.2) is 11.6 Å². The number of anilines is 1.